The van der Waals surface area contributed by atoms with Gasteiger partial charge in [-0.3, -0.25) is 4.98 Å². The average molecular weight is 280 g/mol. The van der Waals surface area contributed by atoms with E-state index in [1.807, 2.05) is 23.7 Å². The third-order valence-corrected chi connectivity index (χ3v) is 4.79. The number of nitrogens with zero attached hydrogens (tertiary/aromatic N) is 1. The zero-order valence-corrected chi connectivity index (χ0v) is 12.1. The summed E-state index contributed by atoms with van der Waals surface area (Å²) in [7, 11) is 0. The predicted octanol–water partition coefficient (Wildman–Crippen LogP) is 4.88. The summed E-state index contributed by atoms with van der Waals surface area (Å²) in [5.74, 6) is 0.387. The fourth-order valence-corrected chi connectivity index (χ4v) is 3.10. The van der Waals surface area contributed by atoms with Gasteiger partial charge in [-0.1, -0.05) is 13.0 Å². The Hall–Kier alpha value is -0.860. The molecule has 0 aliphatic heterocycles. The second-order valence-electron chi connectivity index (χ2n) is 4.56. The lowest BCUT2D eigenvalue weighted by atomic mass is 9.95. The number of aromatic nitrogens is 1. The van der Waals surface area contributed by atoms with Crippen LogP contribution in [-0.2, 0) is 6.42 Å². The fraction of sp³-hybridized carbons (Fsp3) is 0.400. The van der Waals surface area contributed by atoms with Crippen molar-refractivity contribution in [2.75, 3.05) is 0 Å². The van der Waals surface area contributed by atoms with Gasteiger partial charge in [0.2, 0.25) is 0 Å². The minimum atomic E-state index is 0.201. The zero-order valence-electron chi connectivity index (χ0n) is 10.6. The van der Waals surface area contributed by atoms with Gasteiger partial charge in [-0.05, 0) is 54.3 Å². The van der Waals surface area contributed by atoms with Crippen LogP contribution in [0.2, 0.25) is 0 Å². The lowest BCUT2D eigenvalue weighted by Gasteiger charge is -2.18. The normalized spacial score (nSPS) is 14.3. The topological polar surface area (TPSA) is 12.9 Å². The first-order valence-electron chi connectivity index (χ1n) is 6.33. The van der Waals surface area contributed by atoms with Crippen molar-refractivity contribution in [3.8, 4) is 0 Å². The van der Waals surface area contributed by atoms with E-state index in [0.717, 1.165) is 19.3 Å². The molecule has 0 aliphatic rings. The van der Waals surface area contributed by atoms with Crippen LogP contribution in [0.15, 0.2) is 42.0 Å². The number of halogens is 1. The molecule has 0 spiro atoms. The van der Waals surface area contributed by atoms with Crippen LogP contribution < -0.4 is 0 Å². The molecule has 96 valence electrons. The fourth-order valence-electron chi connectivity index (χ4n) is 2.05. The maximum absolute atomic E-state index is 6.49. The zero-order chi connectivity index (χ0) is 12.8. The Morgan fingerprint density at radius 2 is 2.06 bits per heavy atom. The second kappa shape index (κ2) is 6.91. The molecule has 0 fully saturated rings. The lowest BCUT2D eigenvalue weighted by molar-refractivity contribution is 0.614. The molecule has 0 saturated heterocycles. The SMILES string of the molecule is CC(c1ccncc1)C(Cl)CCCc1cccs1. The standard InChI is InChI=1S/C15H18ClNS/c1-12(13-7-9-17-10-8-13)15(16)6-2-4-14-5-3-11-18-14/h3,5,7-12,15H,2,4,6H2,1H3. The highest BCUT2D eigenvalue weighted by Gasteiger charge is 2.15. The minimum Gasteiger partial charge on any atom is -0.265 e. The number of hydrogen-bond acceptors (Lipinski definition) is 2. The first kappa shape index (κ1) is 13.6. The van der Waals surface area contributed by atoms with Gasteiger partial charge < -0.3 is 0 Å². The molecule has 0 aliphatic carbocycles. The Kier molecular flexibility index (Phi) is 5.21. The van der Waals surface area contributed by atoms with Gasteiger partial charge >= 0.3 is 0 Å². The van der Waals surface area contributed by atoms with Crippen molar-refractivity contribution in [3.63, 3.8) is 0 Å². The smallest absolute Gasteiger partial charge is 0.0402 e. The highest BCUT2D eigenvalue weighted by Crippen LogP contribution is 2.26. The van der Waals surface area contributed by atoms with Gasteiger partial charge in [0.05, 0.1) is 0 Å². The summed E-state index contributed by atoms with van der Waals surface area (Å²) in [6.45, 7) is 2.19. The van der Waals surface area contributed by atoms with Gasteiger partial charge in [0.25, 0.3) is 0 Å². The molecule has 18 heavy (non-hydrogen) atoms. The van der Waals surface area contributed by atoms with Crippen LogP contribution in [-0.4, -0.2) is 10.4 Å². The van der Waals surface area contributed by atoms with E-state index < -0.39 is 0 Å². The van der Waals surface area contributed by atoms with Crippen molar-refractivity contribution >= 4 is 22.9 Å². The van der Waals surface area contributed by atoms with Crippen molar-refractivity contribution in [2.24, 2.45) is 0 Å². The summed E-state index contributed by atoms with van der Waals surface area (Å²) in [6.07, 6.45) is 7.03. The van der Waals surface area contributed by atoms with E-state index >= 15 is 0 Å². The van der Waals surface area contributed by atoms with E-state index in [-0.39, 0.29) is 5.38 Å². The average Bonchev–Trinajstić information content (AvgIpc) is 2.92. The predicted molar refractivity (Wildman–Crippen MR) is 79.6 cm³/mol. The maximum atomic E-state index is 6.49. The molecule has 0 bridgehead atoms. The number of aryl methyl sites for hydroxylation is 1. The Bertz CT molecular complexity index is 441. The molecule has 1 nitrogen and oxygen atoms in total. The van der Waals surface area contributed by atoms with Gasteiger partial charge in [0.15, 0.2) is 0 Å². The van der Waals surface area contributed by atoms with Crippen LogP contribution in [0.3, 0.4) is 0 Å². The van der Waals surface area contributed by atoms with Gasteiger partial charge in [0.1, 0.15) is 0 Å². The molecule has 2 rings (SSSR count). The van der Waals surface area contributed by atoms with Crippen molar-refractivity contribution in [2.45, 2.75) is 37.5 Å². The highest BCUT2D eigenvalue weighted by atomic mass is 35.5. The molecule has 2 aromatic rings. The molecule has 0 saturated carbocycles. The summed E-state index contributed by atoms with van der Waals surface area (Å²) in [6, 6.07) is 8.41. The van der Waals surface area contributed by atoms with Gasteiger partial charge in [0, 0.05) is 22.6 Å². The molecular weight excluding hydrogens is 262 g/mol. The van der Waals surface area contributed by atoms with Crippen LogP contribution in [0.4, 0.5) is 0 Å². The van der Waals surface area contributed by atoms with E-state index in [0.29, 0.717) is 5.92 Å². The molecule has 2 atom stereocenters. The minimum absolute atomic E-state index is 0.201. The largest absolute Gasteiger partial charge is 0.265 e. The quantitative estimate of drug-likeness (QED) is 0.687. The van der Waals surface area contributed by atoms with E-state index in [1.54, 1.807) is 0 Å². The number of alkyl halides is 1. The summed E-state index contributed by atoms with van der Waals surface area (Å²) in [4.78, 5) is 5.50. The van der Waals surface area contributed by atoms with E-state index in [9.17, 15) is 0 Å². The van der Waals surface area contributed by atoms with Crippen LogP contribution >= 0.6 is 22.9 Å². The number of pyridine rings is 1. The van der Waals surface area contributed by atoms with Gasteiger partial charge in [-0.2, -0.15) is 0 Å². The first-order valence-corrected chi connectivity index (χ1v) is 7.65. The van der Waals surface area contributed by atoms with Crippen LogP contribution in [0.25, 0.3) is 0 Å². The number of thiophene rings is 1. The van der Waals surface area contributed by atoms with Crippen molar-refractivity contribution in [3.05, 3.63) is 52.5 Å². The van der Waals surface area contributed by atoms with Crippen LogP contribution in [0.5, 0.6) is 0 Å². The third kappa shape index (κ3) is 3.82. The van der Waals surface area contributed by atoms with Crippen molar-refractivity contribution < 1.29 is 0 Å². The molecule has 2 unspecified atom stereocenters. The molecule has 2 heterocycles. The molecule has 0 amide bonds. The van der Waals surface area contributed by atoms with E-state index in [1.165, 1.54) is 10.4 Å². The Morgan fingerprint density at radius 3 is 2.72 bits per heavy atom. The summed E-state index contributed by atoms with van der Waals surface area (Å²) < 4.78 is 0. The monoisotopic (exact) mass is 279 g/mol. The molecular formula is C15H18ClNS. The summed E-state index contributed by atoms with van der Waals surface area (Å²) in [5, 5.41) is 2.33. The molecule has 2 aromatic heterocycles. The lowest BCUT2D eigenvalue weighted by Crippen LogP contribution is -2.10. The maximum Gasteiger partial charge on any atom is 0.0402 e. The number of rotatable bonds is 6. The molecule has 0 aromatic carbocycles. The van der Waals surface area contributed by atoms with Gasteiger partial charge in [-0.15, -0.1) is 22.9 Å². The Balaban J connectivity index is 1.79. The summed E-state index contributed by atoms with van der Waals surface area (Å²) in [5.41, 5.74) is 1.28. The van der Waals surface area contributed by atoms with Crippen molar-refractivity contribution in [1.82, 2.24) is 4.98 Å². The highest BCUT2D eigenvalue weighted by molar-refractivity contribution is 7.09. The second-order valence-corrected chi connectivity index (χ2v) is 6.15. The van der Waals surface area contributed by atoms with E-state index in [4.69, 9.17) is 11.6 Å². The number of hydrogen-bond donors (Lipinski definition) is 0. The van der Waals surface area contributed by atoms with Crippen molar-refractivity contribution in [1.29, 1.82) is 0 Å². The first-order chi connectivity index (χ1) is 8.77. The van der Waals surface area contributed by atoms with Gasteiger partial charge in [-0.25, -0.2) is 0 Å². The third-order valence-electron chi connectivity index (χ3n) is 3.26. The molecule has 3 heteroatoms. The Morgan fingerprint density at radius 1 is 1.28 bits per heavy atom. The molecule has 0 N–H and O–H groups in total. The molecule has 0 radical (unpaired) electrons. The Labute approximate surface area is 118 Å². The van der Waals surface area contributed by atoms with E-state index in [2.05, 4.69) is 41.6 Å². The van der Waals surface area contributed by atoms with Crippen LogP contribution in [0.1, 0.15) is 36.1 Å². The van der Waals surface area contributed by atoms with Crippen LogP contribution in [0, 0.1) is 0 Å². The summed E-state index contributed by atoms with van der Waals surface area (Å²) >= 11 is 8.32.